The molecule has 1 aliphatic heterocycles. The van der Waals surface area contributed by atoms with E-state index in [0.717, 1.165) is 30.9 Å². The molecule has 3 heterocycles. The zero-order valence-electron chi connectivity index (χ0n) is 19.3. The van der Waals surface area contributed by atoms with Gasteiger partial charge < -0.3 is 10.2 Å². The standard InChI is InChI=1S/C23H27N7O3S/c1-15-6-11-22(28-27-15)30-12-4-5-18(14-30)23(31)26-19-7-9-20(10-8-19)34(32,33)29-21-13-16(2)24-17(3)25-21/h6-11,13,18H,4-5,12,14H2,1-3H3,(H,26,31)(H,24,25,29). The Bertz CT molecular complexity index is 1260. The number of anilines is 3. The smallest absolute Gasteiger partial charge is 0.263 e. The summed E-state index contributed by atoms with van der Waals surface area (Å²) in [6, 6.07) is 11.4. The van der Waals surface area contributed by atoms with Crippen molar-refractivity contribution < 1.29 is 13.2 Å². The Morgan fingerprint density at radius 3 is 2.44 bits per heavy atom. The SMILES string of the molecule is Cc1ccc(N2CCCC(C(=O)Nc3ccc(S(=O)(=O)Nc4cc(C)nc(C)n4)cc3)C2)nn1. The lowest BCUT2D eigenvalue weighted by molar-refractivity contribution is -0.120. The van der Waals surface area contributed by atoms with Gasteiger partial charge in [-0.25, -0.2) is 18.4 Å². The largest absolute Gasteiger partial charge is 0.354 e. The first-order valence-corrected chi connectivity index (χ1v) is 12.5. The number of aromatic nitrogens is 4. The van der Waals surface area contributed by atoms with Gasteiger partial charge in [0.1, 0.15) is 11.6 Å². The van der Waals surface area contributed by atoms with Crippen molar-refractivity contribution >= 4 is 33.3 Å². The highest BCUT2D eigenvalue weighted by molar-refractivity contribution is 7.92. The molecule has 178 valence electrons. The van der Waals surface area contributed by atoms with Crippen molar-refractivity contribution in [2.24, 2.45) is 5.92 Å². The number of nitrogens with one attached hydrogen (secondary N) is 2. The predicted molar refractivity (Wildman–Crippen MR) is 129 cm³/mol. The molecule has 2 N–H and O–H groups in total. The molecule has 1 aromatic carbocycles. The first kappa shape index (κ1) is 23.6. The van der Waals surface area contributed by atoms with E-state index in [0.29, 0.717) is 23.8 Å². The van der Waals surface area contributed by atoms with Crippen LogP contribution in [-0.2, 0) is 14.8 Å². The van der Waals surface area contributed by atoms with Crippen molar-refractivity contribution in [3.63, 3.8) is 0 Å². The minimum Gasteiger partial charge on any atom is -0.354 e. The number of nitrogens with zero attached hydrogens (tertiary/aromatic N) is 5. The summed E-state index contributed by atoms with van der Waals surface area (Å²) >= 11 is 0. The van der Waals surface area contributed by atoms with Crippen molar-refractivity contribution in [2.45, 2.75) is 38.5 Å². The van der Waals surface area contributed by atoms with Crippen molar-refractivity contribution in [1.29, 1.82) is 0 Å². The van der Waals surface area contributed by atoms with Gasteiger partial charge in [-0.15, -0.1) is 5.10 Å². The molecule has 0 spiro atoms. The number of carbonyl (C=O) groups is 1. The molecule has 2 aromatic heterocycles. The van der Waals surface area contributed by atoms with Crippen LogP contribution in [0.5, 0.6) is 0 Å². The number of hydrogen-bond acceptors (Lipinski definition) is 8. The fourth-order valence-electron chi connectivity index (χ4n) is 3.89. The topological polar surface area (TPSA) is 130 Å². The van der Waals surface area contributed by atoms with Crippen LogP contribution in [-0.4, -0.2) is 47.6 Å². The fourth-order valence-corrected chi connectivity index (χ4v) is 4.88. The van der Waals surface area contributed by atoms with E-state index < -0.39 is 10.0 Å². The number of benzene rings is 1. The van der Waals surface area contributed by atoms with E-state index in [2.05, 4.69) is 35.1 Å². The van der Waals surface area contributed by atoms with Crippen LogP contribution in [0.15, 0.2) is 47.4 Å². The number of amides is 1. The Morgan fingerprint density at radius 1 is 1.00 bits per heavy atom. The summed E-state index contributed by atoms with van der Waals surface area (Å²) in [5, 5.41) is 11.2. The van der Waals surface area contributed by atoms with E-state index in [1.807, 2.05) is 19.1 Å². The first-order valence-electron chi connectivity index (χ1n) is 11.0. The molecule has 11 heteroatoms. The van der Waals surface area contributed by atoms with E-state index in [4.69, 9.17) is 0 Å². The highest BCUT2D eigenvalue weighted by Gasteiger charge is 2.27. The Hall–Kier alpha value is -3.60. The van der Waals surface area contributed by atoms with E-state index in [1.54, 1.807) is 32.0 Å². The molecule has 0 bridgehead atoms. The van der Waals surface area contributed by atoms with Gasteiger partial charge in [0, 0.05) is 30.5 Å². The zero-order valence-corrected chi connectivity index (χ0v) is 20.1. The molecule has 3 aromatic rings. The lowest BCUT2D eigenvalue weighted by Crippen LogP contribution is -2.41. The molecule has 1 fully saturated rings. The fraction of sp³-hybridized carbons (Fsp3) is 0.348. The maximum atomic E-state index is 12.9. The van der Waals surface area contributed by atoms with Crippen molar-refractivity contribution in [3.05, 3.63) is 59.7 Å². The monoisotopic (exact) mass is 481 g/mol. The molecule has 1 amide bonds. The Morgan fingerprint density at radius 2 is 1.76 bits per heavy atom. The third-order valence-corrected chi connectivity index (χ3v) is 6.91. The Kier molecular flexibility index (Phi) is 6.73. The lowest BCUT2D eigenvalue weighted by Gasteiger charge is -2.32. The van der Waals surface area contributed by atoms with Gasteiger partial charge in [0.15, 0.2) is 5.82 Å². The van der Waals surface area contributed by atoms with Crippen LogP contribution >= 0.6 is 0 Å². The molecular weight excluding hydrogens is 454 g/mol. The van der Waals surface area contributed by atoms with Crippen LogP contribution < -0.4 is 14.9 Å². The maximum absolute atomic E-state index is 12.9. The Labute approximate surface area is 198 Å². The van der Waals surface area contributed by atoms with Gasteiger partial charge in [0.05, 0.1) is 16.5 Å². The summed E-state index contributed by atoms with van der Waals surface area (Å²) in [7, 11) is -3.83. The zero-order chi connectivity index (χ0) is 24.3. The van der Waals surface area contributed by atoms with Gasteiger partial charge in [-0.2, -0.15) is 5.10 Å². The van der Waals surface area contributed by atoms with Gasteiger partial charge in [-0.1, -0.05) is 0 Å². The maximum Gasteiger partial charge on any atom is 0.263 e. The molecule has 1 saturated heterocycles. The first-order chi connectivity index (χ1) is 16.2. The Balaban J connectivity index is 1.39. The highest BCUT2D eigenvalue weighted by atomic mass is 32.2. The molecule has 1 atom stereocenters. The predicted octanol–water partition coefficient (Wildman–Crippen LogP) is 2.85. The lowest BCUT2D eigenvalue weighted by atomic mass is 9.97. The summed E-state index contributed by atoms with van der Waals surface area (Å²) in [6.07, 6.45) is 1.65. The normalized spacial score (nSPS) is 16.2. The van der Waals surface area contributed by atoms with E-state index in [-0.39, 0.29) is 22.5 Å². The number of aryl methyl sites for hydroxylation is 3. The van der Waals surface area contributed by atoms with Crippen LogP contribution in [0, 0.1) is 26.7 Å². The summed E-state index contributed by atoms with van der Waals surface area (Å²) in [4.78, 5) is 23.3. The summed E-state index contributed by atoms with van der Waals surface area (Å²) in [6.45, 7) is 6.73. The van der Waals surface area contributed by atoms with E-state index >= 15 is 0 Å². The third-order valence-electron chi connectivity index (χ3n) is 5.54. The summed E-state index contributed by atoms with van der Waals surface area (Å²) in [5.41, 5.74) is 2.04. The second kappa shape index (κ2) is 9.72. The minimum absolute atomic E-state index is 0.0706. The molecule has 0 saturated carbocycles. The quantitative estimate of drug-likeness (QED) is 0.550. The summed E-state index contributed by atoms with van der Waals surface area (Å²) < 4.78 is 27.9. The van der Waals surface area contributed by atoms with Gasteiger partial charge in [-0.3, -0.25) is 9.52 Å². The van der Waals surface area contributed by atoms with Crippen LogP contribution in [0.25, 0.3) is 0 Å². The molecule has 10 nitrogen and oxygen atoms in total. The number of piperidine rings is 1. The van der Waals surface area contributed by atoms with Crippen molar-refractivity contribution in [1.82, 2.24) is 20.2 Å². The average molecular weight is 482 g/mol. The molecule has 34 heavy (non-hydrogen) atoms. The molecule has 0 aliphatic carbocycles. The van der Waals surface area contributed by atoms with Crippen LogP contribution in [0.1, 0.15) is 30.1 Å². The van der Waals surface area contributed by atoms with Gasteiger partial charge in [0.2, 0.25) is 5.91 Å². The number of carbonyl (C=O) groups excluding carboxylic acids is 1. The van der Waals surface area contributed by atoms with Crippen LogP contribution in [0.2, 0.25) is 0 Å². The average Bonchev–Trinajstić information content (AvgIpc) is 2.79. The molecule has 1 aliphatic rings. The summed E-state index contributed by atoms with van der Waals surface area (Å²) in [5.74, 6) is 1.14. The molecular formula is C23H27N7O3S. The molecule has 0 radical (unpaired) electrons. The number of sulfonamides is 1. The van der Waals surface area contributed by atoms with Crippen molar-refractivity contribution in [3.8, 4) is 0 Å². The van der Waals surface area contributed by atoms with Crippen LogP contribution in [0.3, 0.4) is 0 Å². The highest BCUT2D eigenvalue weighted by Crippen LogP contribution is 2.23. The minimum atomic E-state index is -3.83. The molecule has 1 unspecified atom stereocenters. The molecule has 4 rings (SSSR count). The van der Waals surface area contributed by atoms with Gasteiger partial charge >= 0.3 is 0 Å². The van der Waals surface area contributed by atoms with E-state index in [9.17, 15) is 13.2 Å². The second-order valence-electron chi connectivity index (χ2n) is 8.38. The third kappa shape index (κ3) is 5.66. The van der Waals surface area contributed by atoms with Crippen LogP contribution in [0.4, 0.5) is 17.3 Å². The van der Waals surface area contributed by atoms with Gasteiger partial charge in [-0.05, 0) is 70.0 Å². The van der Waals surface area contributed by atoms with Gasteiger partial charge in [0.25, 0.3) is 10.0 Å². The number of hydrogen-bond donors (Lipinski definition) is 2. The second-order valence-corrected chi connectivity index (χ2v) is 10.1. The van der Waals surface area contributed by atoms with Crippen molar-refractivity contribution in [2.75, 3.05) is 28.0 Å². The number of rotatable bonds is 6. The van der Waals surface area contributed by atoms with E-state index in [1.165, 1.54) is 12.1 Å².